The van der Waals surface area contributed by atoms with Gasteiger partial charge in [-0.3, -0.25) is 0 Å². The third-order valence-electron chi connectivity index (χ3n) is 4.95. The molecule has 1 aromatic heterocycles. The zero-order valence-corrected chi connectivity index (χ0v) is 14.3. The van der Waals surface area contributed by atoms with E-state index in [2.05, 4.69) is 15.4 Å². The molecule has 0 amide bonds. The van der Waals surface area contributed by atoms with E-state index in [0.29, 0.717) is 6.54 Å². The minimum Gasteiger partial charge on any atom is -0.369 e. The molecule has 4 nitrogen and oxygen atoms in total. The number of nitrogens with zero attached hydrogens (tertiary/aromatic N) is 2. The number of anilines is 1. The van der Waals surface area contributed by atoms with Crippen molar-refractivity contribution >= 4 is 16.7 Å². The number of hydrogen-bond acceptors (Lipinski definition) is 4. The average molecular weight is 339 g/mol. The molecule has 2 aromatic carbocycles. The summed E-state index contributed by atoms with van der Waals surface area (Å²) in [6.45, 7) is 4.51. The summed E-state index contributed by atoms with van der Waals surface area (Å²) in [7, 11) is 0. The molecule has 0 aliphatic carbocycles. The highest BCUT2D eigenvalue weighted by Crippen LogP contribution is 2.26. The van der Waals surface area contributed by atoms with Gasteiger partial charge < -0.3 is 14.7 Å². The second-order valence-electron chi connectivity index (χ2n) is 6.63. The minimum atomic E-state index is -0.139. The summed E-state index contributed by atoms with van der Waals surface area (Å²) >= 11 is 0. The molecule has 0 radical (unpaired) electrons. The van der Waals surface area contributed by atoms with Gasteiger partial charge in [-0.15, -0.1) is 0 Å². The Balaban J connectivity index is 1.45. The van der Waals surface area contributed by atoms with E-state index in [4.69, 9.17) is 4.52 Å². The lowest BCUT2D eigenvalue weighted by molar-refractivity contribution is 0.437. The standard InChI is InChI=1S/C20H22FN3O/c1-14(22-13-18-16-6-2-3-7-20(16)25-23-18)15-8-9-19(17(21)12-15)24-10-4-5-11-24/h2-3,6-9,12,14,22H,4-5,10-11,13H2,1H3. The molecule has 1 saturated heterocycles. The van der Waals surface area contributed by atoms with E-state index in [1.54, 1.807) is 6.07 Å². The van der Waals surface area contributed by atoms with Gasteiger partial charge in [-0.05, 0) is 49.6 Å². The predicted octanol–water partition coefficient (Wildman–Crippen LogP) is 4.42. The van der Waals surface area contributed by atoms with Crippen LogP contribution >= 0.6 is 0 Å². The van der Waals surface area contributed by atoms with Crippen LogP contribution in [-0.2, 0) is 6.54 Å². The number of hydrogen-bond donors (Lipinski definition) is 1. The van der Waals surface area contributed by atoms with Crippen LogP contribution in [0.1, 0.15) is 37.1 Å². The molecule has 1 N–H and O–H groups in total. The van der Waals surface area contributed by atoms with E-state index >= 15 is 0 Å². The first-order chi connectivity index (χ1) is 12.2. The molecule has 25 heavy (non-hydrogen) atoms. The lowest BCUT2D eigenvalue weighted by Gasteiger charge is -2.20. The summed E-state index contributed by atoms with van der Waals surface area (Å²) < 4.78 is 19.8. The fourth-order valence-electron chi connectivity index (χ4n) is 3.44. The maximum atomic E-state index is 14.5. The Bertz CT molecular complexity index is 870. The number of benzene rings is 2. The van der Waals surface area contributed by atoms with E-state index < -0.39 is 0 Å². The SMILES string of the molecule is CC(NCc1noc2ccccc12)c1ccc(N2CCCC2)c(F)c1. The van der Waals surface area contributed by atoms with Crippen molar-refractivity contribution in [1.29, 1.82) is 0 Å². The summed E-state index contributed by atoms with van der Waals surface area (Å²) in [6, 6.07) is 13.4. The normalized spacial score (nSPS) is 15.8. The third-order valence-corrected chi connectivity index (χ3v) is 4.95. The van der Waals surface area contributed by atoms with Crippen LogP contribution in [0, 0.1) is 5.82 Å². The molecule has 130 valence electrons. The Labute approximate surface area is 146 Å². The second kappa shape index (κ2) is 6.84. The van der Waals surface area contributed by atoms with Crippen molar-refractivity contribution < 1.29 is 8.91 Å². The maximum Gasteiger partial charge on any atom is 0.167 e. The molecule has 3 aromatic rings. The van der Waals surface area contributed by atoms with Gasteiger partial charge >= 0.3 is 0 Å². The number of aromatic nitrogens is 1. The van der Waals surface area contributed by atoms with E-state index in [1.807, 2.05) is 43.3 Å². The van der Waals surface area contributed by atoms with Gasteiger partial charge in [-0.2, -0.15) is 0 Å². The van der Waals surface area contributed by atoms with Gasteiger partial charge in [0.05, 0.1) is 5.69 Å². The monoisotopic (exact) mass is 339 g/mol. The molecular formula is C20H22FN3O. The average Bonchev–Trinajstić information content (AvgIpc) is 3.29. The van der Waals surface area contributed by atoms with Crippen LogP contribution in [0.2, 0.25) is 0 Å². The number of para-hydroxylation sites is 1. The zero-order valence-electron chi connectivity index (χ0n) is 14.3. The van der Waals surface area contributed by atoms with Crippen molar-refractivity contribution in [3.8, 4) is 0 Å². The summed E-state index contributed by atoms with van der Waals surface area (Å²) in [5.74, 6) is -0.139. The van der Waals surface area contributed by atoms with Gasteiger partial charge in [-0.1, -0.05) is 23.4 Å². The van der Waals surface area contributed by atoms with Crippen molar-refractivity contribution in [2.75, 3.05) is 18.0 Å². The van der Waals surface area contributed by atoms with E-state index in [-0.39, 0.29) is 11.9 Å². The molecule has 1 aliphatic heterocycles. The summed E-state index contributed by atoms with van der Waals surface area (Å²) in [5, 5.41) is 8.55. The summed E-state index contributed by atoms with van der Waals surface area (Å²) in [4.78, 5) is 2.12. The van der Waals surface area contributed by atoms with Crippen molar-refractivity contribution in [3.05, 3.63) is 59.5 Å². The number of nitrogens with one attached hydrogen (secondary N) is 1. The van der Waals surface area contributed by atoms with Crippen molar-refractivity contribution in [2.45, 2.75) is 32.4 Å². The Hall–Kier alpha value is -2.40. The number of halogens is 1. The second-order valence-corrected chi connectivity index (χ2v) is 6.63. The topological polar surface area (TPSA) is 41.3 Å². The molecule has 4 rings (SSSR count). The first kappa shape index (κ1) is 16.1. The fraction of sp³-hybridized carbons (Fsp3) is 0.350. The Kier molecular flexibility index (Phi) is 4.40. The first-order valence-corrected chi connectivity index (χ1v) is 8.83. The van der Waals surface area contributed by atoms with Crippen LogP contribution in [-0.4, -0.2) is 18.2 Å². The highest BCUT2D eigenvalue weighted by Gasteiger charge is 2.17. The molecule has 1 aliphatic rings. The maximum absolute atomic E-state index is 14.5. The Morgan fingerprint density at radius 2 is 2.00 bits per heavy atom. The first-order valence-electron chi connectivity index (χ1n) is 8.83. The highest BCUT2D eigenvalue weighted by molar-refractivity contribution is 5.79. The fourth-order valence-corrected chi connectivity index (χ4v) is 3.44. The lowest BCUT2D eigenvalue weighted by Crippen LogP contribution is -2.21. The van der Waals surface area contributed by atoms with Crippen LogP contribution in [0.5, 0.6) is 0 Å². The van der Waals surface area contributed by atoms with Gasteiger partial charge in [0, 0.05) is 31.1 Å². The molecular weight excluding hydrogens is 317 g/mol. The van der Waals surface area contributed by atoms with Crippen LogP contribution in [0.4, 0.5) is 10.1 Å². The lowest BCUT2D eigenvalue weighted by atomic mass is 10.1. The van der Waals surface area contributed by atoms with E-state index in [9.17, 15) is 4.39 Å². The van der Waals surface area contributed by atoms with Gasteiger partial charge in [0.1, 0.15) is 11.5 Å². The number of fused-ring (bicyclic) bond motifs is 1. The smallest absolute Gasteiger partial charge is 0.167 e. The van der Waals surface area contributed by atoms with Crippen LogP contribution in [0.3, 0.4) is 0 Å². The van der Waals surface area contributed by atoms with Crippen LogP contribution < -0.4 is 10.2 Å². The van der Waals surface area contributed by atoms with Crippen molar-refractivity contribution in [3.63, 3.8) is 0 Å². The molecule has 0 bridgehead atoms. The summed E-state index contributed by atoms with van der Waals surface area (Å²) in [5.41, 5.74) is 3.31. The van der Waals surface area contributed by atoms with Crippen molar-refractivity contribution in [2.24, 2.45) is 0 Å². The van der Waals surface area contributed by atoms with Crippen LogP contribution in [0.15, 0.2) is 47.0 Å². The van der Waals surface area contributed by atoms with Gasteiger partial charge in [0.2, 0.25) is 0 Å². The molecule has 2 heterocycles. The van der Waals surface area contributed by atoms with E-state index in [0.717, 1.165) is 53.8 Å². The number of rotatable bonds is 5. The zero-order chi connectivity index (χ0) is 17.2. The van der Waals surface area contributed by atoms with Crippen molar-refractivity contribution in [1.82, 2.24) is 10.5 Å². The molecule has 1 unspecified atom stereocenters. The molecule has 5 heteroatoms. The molecule has 0 spiro atoms. The molecule has 1 fully saturated rings. The molecule has 0 saturated carbocycles. The van der Waals surface area contributed by atoms with Crippen LogP contribution in [0.25, 0.3) is 11.0 Å². The van der Waals surface area contributed by atoms with Gasteiger partial charge in [-0.25, -0.2) is 4.39 Å². The van der Waals surface area contributed by atoms with Gasteiger partial charge in [0.25, 0.3) is 0 Å². The van der Waals surface area contributed by atoms with Gasteiger partial charge in [0.15, 0.2) is 5.58 Å². The predicted molar refractivity (Wildman–Crippen MR) is 97.1 cm³/mol. The molecule has 1 atom stereocenters. The third kappa shape index (κ3) is 3.24. The van der Waals surface area contributed by atoms with E-state index in [1.165, 1.54) is 0 Å². The Morgan fingerprint density at radius 1 is 1.20 bits per heavy atom. The largest absolute Gasteiger partial charge is 0.369 e. The highest BCUT2D eigenvalue weighted by atomic mass is 19.1. The Morgan fingerprint density at radius 3 is 2.80 bits per heavy atom. The minimum absolute atomic E-state index is 0.0255. The summed E-state index contributed by atoms with van der Waals surface area (Å²) in [6.07, 6.45) is 2.29. The quantitative estimate of drug-likeness (QED) is 0.747.